The van der Waals surface area contributed by atoms with Crippen molar-refractivity contribution in [3.8, 4) is 22.9 Å². The Balaban J connectivity index is 1.48. The highest BCUT2D eigenvalue weighted by molar-refractivity contribution is 5.94. The molecular weight excluding hydrogens is 428 g/mol. The van der Waals surface area contributed by atoms with Crippen molar-refractivity contribution in [2.24, 2.45) is 11.8 Å². The van der Waals surface area contributed by atoms with Crippen molar-refractivity contribution in [2.75, 3.05) is 18.4 Å². The number of hydrogen-bond donors (Lipinski definition) is 2. The SMILES string of the molecule is N#Cc1cc(-c2ccnc(NC(=O)C3CC3C(F)(F)F)c2)ccc1O[C@H]1CCNC[C@H]1F. The van der Waals surface area contributed by atoms with Gasteiger partial charge in [0.15, 0.2) is 0 Å². The molecular formula is C22H20F4N4O2. The van der Waals surface area contributed by atoms with Crippen molar-refractivity contribution in [1.29, 1.82) is 5.26 Å². The van der Waals surface area contributed by atoms with Crippen LogP contribution in [-0.2, 0) is 4.79 Å². The molecule has 2 unspecified atom stereocenters. The van der Waals surface area contributed by atoms with Gasteiger partial charge < -0.3 is 15.4 Å². The van der Waals surface area contributed by atoms with Crippen LogP contribution in [0.3, 0.4) is 0 Å². The Hall–Kier alpha value is -3.19. The van der Waals surface area contributed by atoms with Gasteiger partial charge in [0.2, 0.25) is 5.91 Å². The average Bonchev–Trinajstić information content (AvgIpc) is 3.57. The first kappa shape index (κ1) is 22.0. The van der Waals surface area contributed by atoms with Gasteiger partial charge >= 0.3 is 6.18 Å². The molecule has 4 rings (SSSR count). The number of benzene rings is 1. The van der Waals surface area contributed by atoms with Gasteiger partial charge in [-0.2, -0.15) is 18.4 Å². The fourth-order valence-corrected chi connectivity index (χ4v) is 3.74. The molecule has 0 spiro atoms. The van der Waals surface area contributed by atoms with Crippen molar-refractivity contribution in [2.45, 2.75) is 31.3 Å². The molecule has 1 aliphatic carbocycles. The van der Waals surface area contributed by atoms with E-state index in [9.17, 15) is 27.6 Å². The summed E-state index contributed by atoms with van der Waals surface area (Å²) in [5.74, 6) is -3.03. The third kappa shape index (κ3) is 4.83. The topological polar surface area (TPSA) is 87.0 Å². The molecule has 168 valence electrons. The molecule has 2 aliphatic rings. The van der Waals surface area contributed by atoms with E-state index in [1.807, 2.05) is 6.07 Å². The molecule has 6 nitrogen and oxygen atoms in total. The molecule has 32 heavy (non-hydrogen) atoms. The van der Waals surface area contributed by atoms with E-state index >= 15 is 0 Å². The number of nitriles is 1. The fraction of sp³-hybridized carbons (Fsp3) is 0.409. The quantitative estimate of drug-likeness (QED) is 0.679. The van der Waals surface area contributed by atoms with Crippen LogP contribution in [0.15, 0.2) is 36.5 Å². The Labute approximate surface area is 181 Å². The second-order valence-corrected chi connectivity index (χ2v) is 7.90. The number of carbonyl (C=O) groups is 1. The van der Waals surface area contributed by atoms with Gasteiger partial charge in [0, 0.05) is 12.7 Å². The maximum atomic E-state index is 14.0. The van der Waals surface area contributed by atoms with Crippen LogP contribution in [0.2, 0.25) is 0 Å². The number of pyridine rings is 1. The third-order valence-electron chi connectivity index (χ3n) is 5.62. The van der Waals surface area contributed by atoms with Gasteiger partial charge in [-0.3, -0.25) is 4.79 Å². The molecule has 1 aromatic heterocycles. The lowest BCUT2D eigenvalue weighted by Crippen LogP contribution is -2.44. The highest BCUT2D eigenvalue weighted by Gasteiger charge is 2.58. The van der Waals surface area contributed by atoms with Crippen LogP contribution in [0.5, 0.6) is 5.75 Å². The zero-order valence-electron chi connectivity index (χ0n) is 16.8. The number of piperidine rings is 1. The van der Waals surface area contributed by atoms with Gasteiger partial charge in [-0.05, 0) is 54.8 Å². The monoisotopic (exact) mass is 448 g/mol. The summed E-state index contributed by atoms with van der Waals surface area (Å²) in [6.07, 6.45) is -4.52. The summed E-state index contributed by atoms with van der Waals surface area (Å²) in [6.45, 7) is 0.821. The maximum Gasteiger partial charge on any atom is 0.392 e. The summed E-state index contributed by atoms with van der Waals surface area (Å²) in [7, 11) is 0. The minimum Gasteiger partial charge on any atom is -0.486 e. The zero-order chi connectivity index (χ0) is 22.9. The van der Waals surface area contributed by atoms with E-state index in [0.29, 0.717) is 24.1 Å². The molecule has 0 radical (unpaired) electrons. The smallest absolute Gasteiger partial charge is 0.392 e. The van der Waals surface area contributed by atoms with Crippen molar-refractivity contribution in [1.82, 2.24) is 10.3 Å². The average molecular weight is 448 g/mol. The van der Waals surface area contributed by atoms with E-state index in [4.69, 9.17) is 4.74 Å². The van der Waals surface area contributed by atoms with Crippen LogP contribution in [-0.4, -0.2) is 42.4 Å². The largest absolute Gasteiger partial charge is 0.486 e. The van der Waals surface area contributed by atoms with E-state index in [2.05, 4.69) is 15.6 Å². The Morgan fingerprint density at radius 1 is 1.25 bits per heavy atom. The number of nitrogens with zero attached hydrogens (tertiary/aromatic N) is 2. The molecule has 2 heterocycles. The maximum absolute atomic E-state index is 14.0. The number of nitrogens with one attached hydrogen (secondary N) is 2. The lowest BCUT2D eigenvalue weighted by Gasteiger charge is -2.27. The number of amides is 1. The van der Waals surface area contributed by atoms with Gasteiger partial charge in [-0.25, -0.2) is 9.37 Å². The number of ether oxygens (including phenoxy) is 1. The molecule has 1 aromatic carbocycles. The van der Waals surface area contributed by atoms with E-state index < -0.39 is 36.2 Å². The van der Waals surface area contributed by atoms with Crippen molar-refractivity contribution >= 4 is 11.7 Å². The molecule has 10 heteroatoms. The van der Waals surface area contributed by atoms with Gasteiger partial charge in [0.05, 0.1) is 17.4 Å². The summed E-state index contributed by atoms with van der Waals surface area (Å²) in [5, 5.41) is 14.9. The summed E-state index contributed by atoms with van der Waals surface area (Å²) in [5.41, 5.74) is 1.45. The number of rotatable bonds is 5. The number of aromatic nitrogens is 1. The third-order valence-corrected chi connectivity index (χ3v) is 5.62. The Morgan fingerprint density at radius 2 is 2.03 bits per heavy atom. The van der Waals surface area contributed by atoms with E-state index in [-0.39, 0.29) is 30.1 Å². The number of anilines is 1. The van der Waals surface area contributed by atoms with E-state index in [1.54, 1.807) is 24.3 Å². The summed E-state index contributed by atoms with van der Waals surface area (Å²) in [6, 6.07) is 10.1. The minimum atomic E-state index is -4.38. The first-order chi connectivity index (χ1) is 15.3. The van der Waals surface area contributed by atoms with Crippen LogP contribution in [0.4, 0.5) is 23.4 Å². The Bertz CT molecular complexity index is 1050. The fourth-order valence-electron chi connectivity index (χ4n) is 3.74. The first-order valence-electron chi connectivity index (χ1n) is 10.2. The van der Waals surface area contributed by atoms with E-state index in [1.165, 1.54) is 12.3 Å². The number of halogens is 4. The van der Waals surface area contributed by atoms with Crippen LogP contribution < -0.4 is 15.4 Å². The molecule has 2 aromatic rings. The van der Waals surface area contributed by atoms with Crippen LogP contribution >= 0.6 is 0 Å². The Morgan fingerprint density at radius 3 is 2.72 bits per heavy atom. The molecule has 1 aliphatic heterocycles. The van der Waals surface area contributed by atoms with Crippen molar-refractivity contribution in [3.63, 3.8) is 0 Å². The normalized spacial score (nSPS) is 25.0. The van der Waals surface area contributed by atoms with Crippen LogP contribution in [0.1, 0.15) is 18.4 Å². The van der Waals surface area contributed by atoms with Gasteiger partial charge in [0.1, 0.15) is 29.9 Å². The first-order valence-corrected chi connectivity index (χ1v) is 10.2. The second-order valence-electron chi connectivity index (χ2n) is 7.90. The van der Waals surface area contributed by atoms with Gasteiger partial charge in [-0.1, -0.05) is 6.07 Å². The molecule has 2 N–H and O–H groups in total. The predicted octanol–water partition coefficient (Wildman–Crippen LogP) is 3.84. The zero-order valence-corrected chi connectivity index (χ0v) is 16.8. The Kier molecular flexibility index (Phi) is 6.02. The number of hydrogen-bond acceptors (Lipinski definition) is 5. The highest BCUT2D eigenvalue weighted by Crippen LogP contribution is 2.50. The van der Waals surface area contributed by atoms with Crippen LogP contribution in [0, 0.1) is 23.2 Å². The number of carbonyl (C=O) groups excluding carboxylic acids is 1. The molecule has 1 saturated heterocycles. The van der Waals surface area contributed by atoms with Crippen LogP contribution in [0.25, 0.3) is 11.1 Å². The summed E-state index contributed by atoms with van der Waals surface area (Å²) < 4.78 is 57.8. The standard InChI is InChI=1S/C22H20F4N4O2/c23-17-11-28-5-4-19(17)32-18-2-1-12(7-14(18)10-27)13-3-6-29-20(8-13)30-21(31)15-9-16(15)22(24,25)26/h1-3,6-8,15-17,19,28H,4-5,9,11H2,(H,29,30,31)/t15?,16?,17-,19+/m1/s1. The lowest BCUT2D eigenvalue weighted by molar-refractivity contribution is -0.153. The van der Waals surface area contributed by atoms with Gasteiger partial charge in [-0.15, -0.1) is 0 Å². The van der Waals surface area contributed by atoms with Crippen molar-refractivity contribution < 1.29 is 27.1 Å². The summed E-state index contributed by atoms with van der Waals surface area (Å²) in [4.78, 5) is 16.1. The molecule has 1 amide bonds. The minimum absolute atomic E-state index is 0.120. The molecule has 0 bridgehead atoms. The van der Waals surface area contributed by atoms with E-state index in [0.717, 1.165) is 0 Å². The molecule has 2 fully saturated rings. The predicted molar refractivity (Wildman–Crippen MR) is 107 cm³/mol. The summed E-state index contributed by atoms with van der Waals surface area (Å²) >= 11 is 0. The molecule has 4 atom stereocenters. The highest BCUT2D eigenvalue weighted by atomic mass is 19.4. The van der Waals surface area contributed by atoms with Gasteiger partial charge in [0.25, 0.3) is 0 Å². The molecule has 1 saturated carbocycles. The lowest BCUT2D eigenvalue weighted by atomic mass is 10.0. The number of alkyl halides is 4. The van der Waals surface area contributed by atoms with Crippen molar-refractivity contribution in [3.05, 3.63) is 42.1 Å². The second kappa shape index (κ2) is 8.74.